The number of aliphatic hydroxyl groups is 1. The standard InChI is InChI=1S/C17H19FN2O2/c1-22-16-13-9-17(19,14-4-2-3-5-15(14)18)12(10-21)8-11(13)6-7-20-16/h2-7,12,21H,8-10,19H2,1H3/t12-,17-/m0/s1. The molecule has 1 heterocycles. The van der Waals surface area contributed by atoms with Crippen LogP contribution in [0.25, 0.3) is 0 Å². The van der Waals surface area contributed by atoms with Crippen molar-refractivity contribution in [1.29, 1.82) is 0 Å². The quantitative estimate of drug-likeness (QED) is 0.907. The molecule has 22 heavy (non-hydrogen) atoms. The maximum absolute atomic E-state index is 14.3. The third kappa shape index (κ3) is 2.26. The van der Waals surface area contributed by atoms with Crippen LogP contribution in [-0.2, 0) is 18.4 Å². The molecule has 1 aromatic heterocycles. The fourth-order valence-corrected chi connectivity index (χ4v) is 3.33. The second-order valence-electron chi connectivity index (χ2n) is 5.74. The lowest BCUT2D eigenvalue weighted by Crippen LogP contribution is -2.51. The van der Waals surface area contributed by atoms with Crippen LogP contribution in [-0.4, -0.2) is 23.8 Å². The van der Waals surface area contributed by atoms with Crippen molar-refractivity contribution in [2.24, 2.45) is 11.7 Å². The molecule has 2 aromatic rings. The van der Waals surface area contributed by atoms with E-state index in [0.717, 1.165) is 11.1 Å². The lowest BCUT2D eigenvalue weighted by atomic mass is 9.67. The molecule has 0 fully saturated rings. The highest BCUT2D eigenvalue weighted by Gasteiger charge is 2.43. The molecule has 4 nitrogen and oxygen atoms in total. The van der Waals surface area contributed by atoms with Crippen LogP contribution in [0.1, 0.15) is 16.7 Å². The predicted octanol–water partition coefficient (Wildman–Crippen LogP) is 1.79. The minimum absolute atomic E-state index is 0.102. The summed E-state index contributed by atoms with van der Waals surface area (Å²) in [7, 11) is 1.56. The molecule has 0 bridgehead atoms. The molecule has 116 valence electrons. The SMILES string of the molecule is COc1nccc2c1C[C@@](N)(c1ccccc1F)[C@H](CO)C2. The van der Waals surface area contributed by atoms with E-state index in [1.165, 1.54) is 6.07 Å². The number of nitrogens with two attached hydrogens (primary N) is 1. The Morgan fingerprint density at radius 3 is 2.86 bits per heavy atom. The highest BCUT2D eigenvalue weighted by atomic mass is 19.1. The summed E-state index contributed by atoms with van der Waals surface area (Å²) in [6, 6.07) is 8.38. The largest absolute Gasteiger partial charge is 0.481 e. The normalized spacial score (nSPS) is 23.9. The van der Waals surface area contributed by atoms with Gasteiger partial charge in [0.25, 0.3) is 0 Å². The molecule has 3 rings (SSSR count). The highest BCUT2D eigenvalue weighted by Crippen LogP contribution is 2.41. The van der Waals surface area contributed by atoms with Crippen molar-refractivity contribution in [3.63, 3.8) is 0 Å². The van der Waals surface area contributed by atoms with Crippen LogP contribution in [0.4, 0.5) is 4.39 Å². The first-order valence-corrected chi connectivity index (χ1v) is 7.25. The van der Waals surface area contributed by atoms with E-state index < -0.39 is 5.54 Å². The summed E-state index contributed by atoms with van der Waals surface area (Å²) in [5.41, 5.74) is 7.96. The van der Waals surface area contributed by atoms with E-state index in [4.69, 9.17) is 10.5 Å². The number of halogens is 1. The van der Waals surface area contributed by atoms with Gasteiger partial charge in [0.2, 0.25) is 5.88 Å². The van der Waals surface area contributed by atoms with Crippen molar-refractivity contribution in [2.45, 2.75) is 18.4 Å². The lowest BCUT2D eigenvalue weighted by Gasteiger charge is -2.42. The van der Waals surface area contributed by atoms with Gasteiger partial charge in [0, 0.05) is 36.3 Å². The summed E-state index contributed by atoms with van der Waals surface area (Å²) < 4.78 is 19.6. The molecule has 0 spiro atoms. The minimum Gasteiger partial charge on any atom is -0.481 e. The second kappa shape index (κ2) is 5.66. The molecule has 0 saturated carbocycles. The summed E-state index contributed by atoms with van der Waals surface area (Å²) in [6.45, 7) is -0.102. The van der Waals surface area contributed by atoms with Crippen molar-refractivity contribution in [2.75, 3.05) is 13.7 Å². The van der Waals surface area contributed by atoms with Crippen LogP contribution in [0.15, 0.2) is 36.5 Å². The van der Waals surface area contributed by atoms with Gasteiger partial charge in [-0.2, -0.15) is 0 Å². The van der Waals surface area contributed by atoms with Gasteiger partial charge >= 0.3 is 0 Å². The molecule has 0 amide bonds. The Bertz CT molecular complexity index is 692. The number of hydrogen-bond donors (Lipinski definition) is 2. The monoisotopic (exact) mass is 302 g/mol. The third-order valence-corrected chi connectivity index (χ3v) is 4.57. The summed E-state index contributed by atoms with van der Waals surface area (Å²) in [4.78, 5) is 4.21. The molecule has 3 N–H and O–H groups in total. The topological polar surface area (TPSA) is 68.4 Å². The molecule has 0 saturated heterocycles. The molecular weight excluding hydrogens is 283 g/mol. The van der Waals surface area contributed by atoms with E-state index in [2.05, 4.69) is 4.98 Å². The average molecular weight is 302 g/mol. The van der Waals surface area contributed by atoms with E-state index in [-0.39, 0.29) is 18.3 Å². The molecule has 5 heteroatoms. The van der Waals surface area contributed by atoms with Crippen LogP contribution in [0, 0.1) is 11.7 Å². The molecule has 0 aliphatic heterocycles. The summed E-state index contributed by atoms with van der Waals surface area (Å²) in [6.07, 6.45) is 2.62. The first-order chi connectivity index (χ1) is 10.6. The number of methoxy groups -OCH3 is 1. The maximum atomic E-state index is 14.3. The van der Waals surface area contributed by atoms with E-state index in [1.54, 1.807) is 31.5 Å². The van der Waals surface area contributed by atoms with Crippen molar-refractivity contribution < 1.29 is 14.2 Å². The molecule has 1 aliphatic carbocycles. The van der Waals surface area contributed by atoms with Gasteiger partial charge in [-0.05, 0) is 24.1 Å². The number of nitrogens with zero attached hydrogens (tertiary/aromatic N) is 1. The molecule has 1 aromatic carbocycles. The van der Waals surface area contributed by atoms with Crippen LogP contribution >= 0.6 is 0 Å². The number of hydrogen-bond acceptors (Lipinski definition) is 4. The zero-order valence-corrected chi connectivity index (χ0v) is 12.4. The van der Waals surface area contributed by atoms with Crippen LogP contribution in [0.5, 0.6) is 5.88 Å². The van der Waals surface area contributed by atoms with E-state index in [9.17, 15) is 9.50 Å². The third-order valence-electron chi connectivity index (χ3n) is 4.57. The Balaban J connectivity index is 2.13. The number of rotatable bonds is 3. The van der Waals surface area contributed by atoms with Gasteiger partial charge < -0.3 is 15.6 Å². The van der Waals surface area contributed by atoms with Crippen LogP contribution in [0.3, 0.4) is 0 Å². The van der Waals surface area contributed by atoms with Gasteiger partial charge in [0.1, 0.15) is 5.82 Å². The Morgan fingerprint density at radius 1 is 1.41 bits per heavy atom. The summed E-state index contributed by atoms with van der Waals surface area (Å²) in [5.74, 6) is -0.0983. The van der Waals surface area contributed by atoms with E-state index in [1.807, 2.05) is 6.07 Å². The summed E-state index contributed by atoms with van der Waals surface area (Å²) in [5, 5.41) is 9.78. The van der Waals surface area contributed by atoms with Crippen molar-refractivity contribution >= 4 is 0 Å². The molecule has 2 atom stereocenters. The number of aromatic nitrogens is 1. The number of fused-ring (bicyclic) bond motifs is 1. The van der Waals surface area contributed by atoms with E-state index in [0.29, 0.717) is 24.3 Å². The Labute approximate surface area is 128 Å². The predicted molar refractivity (Wildman–Crippen MR) is 81.0 cm³/mol. The first kappa shape index (κ1) is 14.9. The van der Waals surface area contributed by atoms with Crippen molar-refractivity contribution in [3.8, 4) is 5.88 Å². The number of pyridine rings is 1. The highest BCUT2D eigenvalue weighted by molar-refractivity contribution is 5.42. The van der Waals surface area contributed by atoms with Gasteiger partial charge in [-0.25, -0.2) is 9.37 Å². The molecule has 1 aliphatic rings. The van der Waals surface area contributed by atoms with Gasteiger partial charge in [-0.3, -0.25) is 0 Å². The molecular formula is C17H19FN2O2. The Morgan fingerprint density at radius 2 is 2.18 bits per heavy atom. The zero-order valence-electron chi connectivity index (χ0n) is 12.4. The number of aliphatic hydroxyl groups excluding tert-OH is 1. The molecule has 0 radical (unpaired) electrons. The lowest BCUT2D eigenvalue weighted by molar-refractivity contribution is 0.136. The molecule has 0 unspecified atom stereocenters. The van der Waals surface area contributed by atoms with Crippen LogP contribution in [0.2, 0.25) is 0 Å². The van der Waals surface area contributed by atoms with Gasteiger partial charge in [-0.15, -0.1) is 0 Å². The maximum Gasteiger partial charge on any atom is 0.216 e. The second-order valence-corrected chi connectivity index (χ2v) is 5.74. The number of benzene rings is 1. The zero-order chi connectivity index (χ0) is 15.7. The van der Waals surface area contributed by atoms with Crippen molar-refractivity contribution in [3.05, 3.63) is 59.0 Å². The van der Waals surface area contributed by atoms with Gasteiger partial charge in [0.15, 0.2) is 0 Å². The van der Waals surface area contributed by atoms with Crippen LogP contribution < -0.4 is 10.5 Å². The van der Waals surface area contributed by atoms with Gasteiger partial charge in [0.05, 0.1) is 12.6 Å². The van der Waals surface area contributed by atoms with Crippen molar-refractivity contribution in [1.82, 2.24) is 4.98 Å². The Hall–Kier alpha value is -1.98. The fourth-order valence-electron chi connectivity index (χ4n) is 3.33. The smallest absolute Gasteiger partial charge is 0.216 e. The number of ether oxygens (including phenoxy) is 1. The minimum atomic E-state index is -0.983. The van der Waals surface area contributed by atoms with Gasteiger partial charge in [-0.1, -0.05) is 18.2 Å². The Kier molecular flexibility index (Phi) is 3.85. The summed E-state index contributed by atoms with van der Waals surface area (Å²) >= 11 is 0. The average Bonchev–Trinajstić information content (AvgIpc) is 2.54. The first-order valence-electron chi connectivity index (χ1n) is 7.25. The fraction of sp³-hybridized carbons (Fsp3) is 0.353. The van der Waals surface area contributed by atoms with E-state index >= 15 is 0 Å².